The Morgan fingerprint density at radius 2 is 1.53 bits per heavy atom. The normalized spacial score (nSPS) is 15.8. The van der Waals surface area contributed by atoms with Crippen LogP contribution in [0.15, 0.2) is 0 Å². The lowest BCUT2D eigenvalue weighted by molar-refractivity contribution is -0.142. The lowest BCUT2D eigenvalue weighted by atomic mass is 9.97. The van der Waals surface area contributed by atoms with Gasteiger partial charge in [-0.3, -0.25) is 19.2 Å². The van der Waals surface area contributed by atoms with Crippen LogP contribution in [0.2, 0.25) is 0 Å². The highest BCUT2D eigenvalue weighted by atomic mass is 32.2. The molecule has 0 spiro atoms. The Labute approximate surface area is 180 Å². The molecule has 30 heavy (non-hydrogen) atoms. The number of rotatable bonds is 14. The molecule has 0 radical (unpaired) electrons. The average molecular weight is 448 g/mol. The number of carboxylic acids is 1. The van der Waals surface area contributed by atoms with E-state index in [1.54, 1.807) is 13.2 Å². The van der Waals surface area contributed by atoms with E-state index in [4.69, 9.17) is 11.5 Å². The summed E-state index contributed by atoms with van der Waals surface area (Å²) >= 11 is 1.41. The number of hydrogen-bond acceptors (Lipinski definition) is 7. The molecule has 0 aliphatic heterocycles. The Balaban J connectivity index is 5.46. The van der Waals surface area contributed by atoms with E-state index in [1.165, 1.54) is 18.7 Å². The van der Waals surface area contributed by atoms with Crippen molar-refractivity contribution in [2.24, 2.45) is 17.4 Å². The molecule has 5 unspecified atom stereocenters. The van der Waals surface area contributed by atoms with Gasteiger partial charge in [0.25, 0.3) is 0 Å². The van der Waals surface area contributed by atoms with Gasteiger partial charge in [-0.1, -0.05) is 20.3 Å². The molecule has 8 N–H and O–H groups in total. The van der Waals surface area contributed by atoms with E-state index in [2.05, 4.69) is 16.0 Å². The van der Waals surface area contributed by atoms with Gasteiger partial charge >= 0.3 is 5.97 Å². The number of aliphatic carboxylic acids is 1. The first-order valence-corrected chi connectivity index (χ1v) is 11.0. The lowest BCUT2D eigenvalue weighted by Crippen LogP contribution is -2.59. The van der Waals surface area contributed by atoms with Crippen molar-refractivity contribution in [1.82, 2.24) is 16.0 Å². The van der Waals surface area contributed by atoms with Crippen LogP contribution in [0.3, 0.4) is 0 Å². The first-order valence-electron chi connectivity index (χ1n) is 9.61. The SMILES string of the molecule is CCC(C)C(NC(=O)C(C)N)C(=O)NC(CC(N)=O)C(=O)NC(CCSC)C(=O)O. The fraction of sp³-hybridized carbons (Fsp3) is 0.722. The van der Waals surface area contributed by atoms with Crippen molar-refractivity contribution in [1.29, 1.82) is 0 Å². The van der Waals surface area contributed by atoms with Gasteiger partial charge in [-0.15, -0.1) is 0 Å². The van der Waals surface area contributed by atoms with E-state index in [0.717, 1.165) is 0 Å². The van der Waals surface area contributed by atoms with Crippen LogP contribution in [-0.2, 0) is 24.0 Å². The third-order valence-electron chi connectivity index (χ3n) is 4.47. The molecule has 0 saturated heterocycles. The quantitative estimate of drug-likeness (QED) is 0.186. The molecule has 11 nitrogen and oxygen atoms in total. The minimum atomic E-state index is -1.38. The van der Waals surface area contributed by atoms with Crippen molar-refractivity contribution in [2.45, 2.75) is 64.2 Å². The average Bonchev–Trinajstić information content (AvgIpc) is 2.66. The second kappa shape index (κ2) is 13.8. The maximum absolute atomic E-state index is 12.8. The van der Waals surface area contributed by atoms with Gasteiger partial charge in [0, 0.05) is 0 Å². The predicted octanol–water partition coefficient (Wildman–Crippen LogP) is -1.45. The standard InChI is InChI=1S/C18H33N5O6S/c1-5-9(2)14(23-15(25)10(3)19)17(27)22-12(8-13(20)24)16(26)21-11(18(28)29)6-7-30-4/h9-12,14H,5-8,19H2,1-4H3,(H2,20,24)(H,21,26)(H,22,27)(H,23,25)(H,28,29). The smallest absolute Gasteiger partial charge is 0.326 e. The van der Waals surface area contributed by atoms with Crippen LogP contribution in [0.4, 0.5) is 0 Å². The van der Waals surface area contributed by atoms with Gasteiger partial charge in [0.05, 0.1) is 12.5 Å². The molecule has 0 fully saturated rings. The van der Waals surface area contributed by atoms with Gasteiger partial charge < -0.3 is 32.5 Å². The highest BCUT2D eigenvalue weighted by Gasteiger charge is 2.32. The van der Waals surface area contributed by atoms with Gasteiger partial charge in [0.2, 0.25) is 23.6 Å². The third kappa shape index (κ3) is 9.92. The zero-order chi connectivity index (χ0) is 23.4. The zero-order valence-electron chi connectivity index (χ0n) is 17.8. The molecule has 0 aromatic heterocycles. The van der Waals surface area contributed by atoms with E-state index in [0.29, 0.717) is 12.2 Å². The number of nitrogens with one attached hydrogen (secondary N) is 3. The molecule has 0 rings (SSSR count). The van der Waals surface area contributed by atoms with Crippen molar-refractivity contribution in [3.63, 3.8) is 0 Å². The zero-order valence-corrected chi connectivity index (χ0v) is 18.6. The number of primary amides is 1. The van der Waals surface area contributed by atoms with Crippen LogP contribution in [0, 0.1) is 5.92 Å². The molecule has 0 saturated carbocycles. The van der Waals surface area contributed by atoms with Crippen LogP contribution >= 0.6 is 11.8 Å². The number of nitrogens with two attached hydrogens (primary N) is 2. The first kappa shape index (κ1) is 27.7. The Bertz CT molecular complexity index is 630. The molecule has 0 aliphatic carbocycles. The summed E-state index contributed by atoms with van der Waals surface area (Å²) in [5, 5.41) is 16.5. The molecule has 12 heteroatoms. The van der Waals surface area contributed by atoms with E-state index >= 15 is 0 Å². The summed E-state index contributed by atoms with van der Waals surface area (Å²) in [6.45, 7) is 5.02. The van der Waals surface area contributed by atoms with E-state index < -0.39 is 60.2 Å². The highest BCUT2D eigenvalue weighted by molar-refractivity contribution is 7.98. The van der Waals surface area contributed by atoms with Gasteiger partial charge in [-0.25, -0.2) is 4.79 Å². The molecular formula is C18H33N5O6S. The monoisotopic (exact) mass is 447 g/mol. The summed E-state index contributed by atoms with van der Waals surface area (Å²) in [6.07, 6.45) is 1.97. The van der Waals surface area contributed by atoms with Gasteiger partial charge in [0.15, 0.2) is 0 Å². The van der Waals surface area contributed by atoms with Crippen LogP contribution in [-0.4, -0.2) is 70.9 Å². The first-order chi connectivity index (χ1) is 13.9. The Morgan fingerprint density at radius 1 is 0.967 bits per heavy atom. The summed E-state index contributed by atoms with van der Waals surface area (Å²) in [5.41, 5.74) is 10.7. The van der Waals surface area contributed by atoms with Gasteiger partial charge in [0.1, 0.15) is 18.1 Å². The van der Waals surface area contributed by atoms with Crippen molar-refractivity contribution in [3.8, 4) is 0 Å². The third-order valence-corrected chi connectivity index (χ3v) is 5.11. The largest absolute Gasteiger partial charge is 0.480 e. The summed E-state index contributed by atoms with van der Waals surface area (Å²) in [6, 6.07) is -4.41. The molecule has 0 bridgehead atoms. The molecule has 0 aliphatic rings. The summed E-state index contributed by atoms with van der Waals surface area (Å²) in [7, 11) is 0. The van der Waals surface area contributed by atoms with Crippen LogP contribution in [0.25, 0.3) is 0 Å². The molecule has 4 amide bonds. The Hall–Kier alpha value is -2.34. The number of carbonyl (C=O) groups is 5. The number of amides is 4. The van der Waals surface area contributed by atoms with Gasteiger partial charge in [-0.2, -0.15) is 11.8 Å². The molecule has 5 atom stereocenters. The lowest BCUT2D eigenvalue weighted by Gasteiger charge is -2.27. The van der Waals surface area contributed by atoms with E-state index in [9.17, 15) is 29.1 Å². The van der Waals surface area contributed by atoms with Crippen LogP contribution < -0.4 is 27.4 Å². The topological polar surface area (TPSA) is 194 Å². The molecule has 0 aromatic rings. The Kier molecular flexibility index (Phi) is 12.7. The Morgan fingerprint density at radius 3 is 1.97 bits per heavy atom. The number of carboxylic acid groups (broad SMARTS) is 1. The van der Waals surface area contributed by atoms with Gasteiger partial charge in [-0.05, 0) is 31.3 Å². The predicted molar refractivity (Wildman–Crippen MR) is 113 cm³/mol. The fourth-order valence-electron chi connectivity index (χ4n) is 2.42. The number of hydrogen-bond donors (Lipinski definition) is 6. The van der Waals surface area contributed by atoms with Crippen molar-refractivity contribution >= 4 is 41.4 Å². The van der Waals surface area contributed by atoms with Crippen molar-refractivity contribution in [3.05, 3.63) is 0 Å². The minimum Gasteiger partial charge on any atom is -0.480 e. The van der Waals surface area contributed by atoms with Crippen molar-refractivity contribution < 1.29 is 29.1 Å². The number of carbonyl (C=O) groups excluding carboxylic acids is 4. The second-order valence-corrected chi connectivity index (χ2v) is 8.06. The second-order valence-electron chi connectivity index (χ2n) is 7.07. The minimum absolute atomic E-state index is 0.166. The van der Waals surface area contributed by atoms with Crippen LogP contribution in [0.5, 0.6) is 0 Å². The maximum atomic E-state index is 12.8. The van der Waals surface area contributed by atoms with Crippen LogP contribution in [0.1, 0.15) is 40.0 Å². The summed E-state index contributed by atoms with van der Waals surface area (Å²) in [4.78, 5) is 60.1. The fourth-order valence-corrected chi connectivity index (χ4v) is 2.90. The highest BCUT2D eigenvalue weighted by Crippen LogP contribution is 2.10. The molecular weight excluding hydrogens is 414 g/mol. The van der Waals surface area contributed by atoms with Crippen molar-refractivity contribution in [2.75, 3.05) is 12.0 Å². The molecule has 0 heterocycles. The molecule has 172 valence electrons. The van der Waals surface area contributed by atoms with E-state index in [1.807, 2.05) is 6.92 Å². The maximum Gasteiger partial charge on any atom is 0.326 e. The summed E-state index contributed by atoms with van der Waals surface area (Å²) < 4.78 is 0. The van der Waals surface area contributed by atoms with E-state index in [-0.39, 0.29) is 12.3 Å². The number of thioether (sulfide) groups is 1. The summed E-state index contributed by atoms with van der Waals surface area (Å²) in [5.74, 6) is -3.99. The molecule has 0 aromatic carbocycles.